The Morgan fingerprint density at radius 3 is 2.55 bits per heavy atom. The van der Waals surface area contributed by atoms with Crippen molar-refractivity contribution in [2.45, 2.75) is 26.8 Å². The molecule has 3 aromatic rings. The molecule has 1 aromatic heterocycles. The standard InChI is InChI=1S/C23H25N3O5/c1-12(2)17(26-22(28)14-6-4-7-15(27)10-14)11-31-18-9-5-8-16-20(18)21(24)19(23(29)30)13(3)25-16/h4-10,12,17,27H,11H2,1-3H3,(H2,24,25)(H,26,28)(H,29,30)/t17-/m1/s1. The van der Waals surface area contributed by atoms with Gasteiger partial charge in [-0.05, 0) is 43.2 Å². The molecule has 162 valence electrons. The van der Waals surface area contributed by atoms with E-state index in [1.54, 1.807) is 37.3 Å². The SMILES string of the molecule is Cc1nc2cccc(OC[C@@H](NC(=O)c3cccc(O)c3)C(C)C)c2c(N)c1C(=O)O. The zero-order chi connectivity index (χ0) is 22.7. The molecule has 0 fully saturated rings. The quantitative estimate of drug-likeness (QED) is 0.458. The highest BCUT2D eigenvalue weighted by Crippen LogP contribution is 2.33. The van der Waals surface area contributed by atoms with Crippen LogP contribution in [0.15, 0.2) is 42.5 Å². The normalized spacial score (nSPS) is 12.0. The maximum atomic E-state index is 12.6. The van der Waals surface area contributed by atoms with Crippen LogP contribution in [0.2, 0.25) is 0 Å². The minimum absolute atomic E-state index is 0.00764. The van der Waals surface area contributed by atoms with Crippen LogP contribution >= 0.6 is 0 Å². The molecule has 0 aliphatic heterocycles. The molecule has 1 amide bonds. The minimum atomic E-state index is -1.15. The van der Waals surface area contributed by atoms with E-state index in [1.165, 1.54) is 12.1 Å². The first-order valence-electron chi connectivity index (χ1n) is 9.83. The van der Waals surface area contributed by atoms with Gasteiger partial charge in [0.15, 0.2) is 0 Å². The van der Waals surface area contributed by atoms with E-state index in [4.69, 9.17) is 10.5 Å². The number of nitrogens with two attached hydrogens (primary N) is 1. The molecule has 8 nitrogen and oxygen atoms in total. The zero-order valence-electron chi connectivity index (χ0n) is 17.5. The Kier molecular flexibility index (Phi) is 6.29. The summed E-state index contributed by atoms with van der Waals surface area (Å²) in [6.07, 6.45) is 0. The summed E-state index contributed by atoms with van der Waals surface area (Å²) in [5.41, 5.74) is 7.40. The van der Waals surface area contributed by atoms with Gasteiger partial charge in [0.05, 0.1) is 28.3 Å². The van der Waals surface area contributed by atoms with Gasteiger partial charge in [-0.1, -0.05) is 26.0 Å². The van der Waals surface area contributed by atoms with E-state index < -0.39 is 5.97 Å². The summed E-state index contributed by atoms with van der Waals surface area (Å²) >= 11 is 0. The lowest BCUT2D eigenvalue weighted by atomic mass is 10.0. The number of nitrogens with one attached hydrogen (secondary N) is 1. The summed E-state index contributed by atoms with van der Waals surface area (Å²) in [4.78, 5) is 28.5. The van der Waals surface area contributed by atoms with Crippen molar-refractivity contribution in [1.82, 2.24) is 10.3 Å². The summed E-state index contributed by atoms with van der Waals surface area (Å²) in [5.74, 6) is -1.04. The summed E-state index contributed by atoms with van der Waals surface area (Å²) in [6, 6.07) is 10.9. The first-order chi connectivity index (χ1) is 14.7. The number of carbonyl (C=O) groups excluding carboxylic acids is 1. The number of carbonyl (C=O) groups is 2. The van der Waals surface area contributed by atoms with Crippen LogP contribution in [0.25, 0.3) is 10.9 Å². The van der Waals surface area contributed by atoms with E-state index in [0.29, 0.717) is 27.9 Å². The topological polar surface area (TPSA) is 135 Å². The predicted octanol–water partition coefficient (Wildman–Crippen LogP) is 3.36. The molecule has 8 heteroatoms. The number of aromatic nitrogens is 1. The van der Waals surface area contributed by atoms with Crippen molar-refractivity contribution >= 4 is 28.5 Å². The molecule has 0 saturated carbocycles. The van der Waals surface area contributed by atoms with Gasteiger partial charge in [0.25, 0.3) is 5.91 Å². The van der Waals surface area contributed by atoms with Crippen molar-refractivity contribution in [2.75, 3.05) is 12.3 Å². The molecule has 0 bridgehead atoms. The van der Waals surface area contributed by atoms with Crippen LogP contribution < -0.4 is 15.8 Å². The number of fused-ring (bicyclic) bond motifs is 1. The fraction of sp³-hybridized carbons (Fsp3) is 0.261. The van der Waals surface area contributed by atoms with Gasteiger partial charge < -0.3 is 26.0 Å². The molecule has 2 aromatic carbocycles. The first kappa shape index (κ1) is 21.9. The Balaban J connectivity index is 1.86. The summed E-state index contributed by atoms with van der Waals surface area (Å²) in [6.45, 7) is 5.62. The Labute approximate surface area is 179 Å². The third-order valence-electron chi connectivity index (χ3n) is 5.05. The third kappa shape index (κ3) is 4.69. The molecular weight excluding hydrogens is 398 g/mol. The van der Waals surface area contributed by atoms with Crippen molar-refractivity contribution in [3.63, 3.8) is 0 Å². The number of phenols is 1. The van der Waals surface area contributed by atoms with Crippen molar-refractivity contribution in [2.24, 2.45) is 5.92 Å². The number of phenolic OH excluding ortho intramolecular Hbond substituents is 1. The second kappa shape index (κ2) is 8.91. The average molecular weight is 423 g/mol. The van der Waals surface area contributed by atoms with Crippen LogP contribution in [0.5, 0.6) is 11.5 Å². The van der Waals surface area contributed by atoms with Gasteiger partial charge in [0, 0.05) is 5.56 Å². The number of nitrogen functional groups attached to an aromatic ring is 1. The van der Waals surface area contributed by atoms with Crippen molar-refractivity contribution in [3.8, 4) is 11.5 Å². The fourth-order valence-corrected chi connectivity index (χ4v) is 3.31. The lowest BCUT2D eigenvalue weighted by molar-refractivity contribution is 0.0696. The number of benzene rings is 2. The number of nitrogens with zero attached hydrogens (tertiary/aromatic N) is 1. The van der Waals surface area contributed by atoms with E-state index in [9.17, 15) is 19.8 Å². The number of aryl methyl sites for hydroxylation is 1. The van der Waals surface area contributed by atoms with Gasteiger partial charge in [-0.2, -0.15) is 0 Å². The number of anilines is 1. The Morgan fingerprint density at radius 2 is 1.90 bits per heavy atom. The minimum Gasteiger partial charge on any atom is -0.508 e. The highest BCUT2D eigenvalue weighted by Gasteiger charge is 2.21. The first-order valence-corrected chi connectivity index (χ1v) is 9.83. The van der Waals surface area contributed by atoms with Crippen LogP contribution in [-0.2, 0) is 0 Å². The predicted molar refractivity (Wildman–Crippen MR) is 118 cm³/mol. The van der Waals surface area contributed by atoms with Crippen molar-refractivity contribution in [3.05, 3.63) is 59.3 Å². The Hall–Kier alpha value is -3.81. The van der Waals surface area contributed by atoms with Crippen LogP contribution in [0.1, 0.15) is 40.3 Å². The molecule has 3 rings (SSSR count). The number of aromatic carboxylic acids is 1. The van der Waals surface area contributed by atoms with Crippen LogP contribution in [0.4, 0.5) is 5.69 Å². The monoisotopic (exact) mass is 423 g/mol. The van der Waals surface area contributed by atoms with Gasteiger partial charge >= 0.3 is 5.97 Å². The summed E-state index contributed by atoms with van der Waals surface area (Å²) in [5, 5.41) is 22.4. The van der Waals surface area contributed by atoms with Crippen LogP contribution in [-0.4, -0.2) is 39.7 Å². The Bertz CT molecular complexity index is 1140. The molecule has 0 radical (unpaired) electrons. The smallest absolute Gasteiger partial charge is 0.339 e. The van der Waals surface area contributed by atoms with E-state index in [1.807, 2.05) is 13.8 Å². The number of rotatable bonds is 7. The van der Waals surface area contributed by atoms with E-state index in [2.05, 4.69) is 10.3 Å². The number of pyridine rings is 1. The fourth-order valence-electron chi connectivity index (χ4n) is 3.31. The van der Waals surface area contributed by atoms with Gasteiger partial charge in [-0.3, -0.25) is 9.78 Å². The lowest BCUT2D eigenvalue weighted by Crippen LogP contribution is -2.42. The molecular formula is C23H25N3O5. The van der Waals surface area contributed by atoms with Crippen LogP contribution in [0.3, 0.4) is 0 Å². The second-order valence-electron chi connectivity index (χ2n) is 7.63. The molecule has 1 heterocycles. The maximum Gasteiger partial charge on any atom is 0.339 e. The van der Waals surface area contributed by atoms with Crippen molar-refractivity contribution < 1.29 is 24.5 Å². The molecule has 5 N–H and O–H groups in total. The van der Waals surface area contributed by atoms with Gasteiger partial charge in [-0.25, -0.2) is 4.79 Å². The van der Waals surface area contributed by atoms with E-state index in [0.717, 1.165) is 0 Å². The van der Waals surface area contributed by atoms with Crippen LogP contribution in [0, 0.1) is 12.8 Å². The number of ether oxygens (including phenoxy) is 1. The molecule has 0 saturated heterocycles. The second-order valence-corrected chi connectivity index (χ2v) is 7.63. The average Bonchev–Trinajstić information content (AvgIpc) is 2.70. The molecule has 0 aliphatic rings. The van der Waals surface area contributed by atoms with Gasteiger partial charge in [-0.15, -0.1) is 0 Å². The number of amides is 1. The van der Waals surface area contributed by atoms with Crippen molar-refractivity contribution in [1.29, 1.82) is 0 Å². The lowest BCUT2D eigenvalue weighted by Gasteiger charge is -2.23. The Morgan fingerprint density at radius 1 is 1.19 bits per heavy atom. The molecule has 0 spiro atoms. The van der Waals surface area contributed by atoms with E-state index in [-0.39, 0.29) is 41.5 Å². The highest BCUT2D eigenvalue weighted by atomic mass is 16.5. The summed E-state index contributed by atoms with van der Waals surface area (Å²) in [7, 11) is 0. The largest absolute Gasteiger partial charge is 0.508 e. The molecule has 0 aliphatic carbocycles. The third-order valence-corrected chi connectivity index (χ3v) is 5.05. The van der Waals surface area contributed by atoms with Gasteiger partial charge in [0.1, 0.15) is 23.7 Å². The highest BCUT2D eigenvalue weighted by molar-refractivity contribution is 6.06. The number of carboxylic acids is 1. The summed E-state index contributed by atoms with van der Waals surface area (Å²) < 4.78 is 5.98. The number of carboxylic acid groups (broad SMARTS) is 1. The maximum absolute atomic E-state index is 12.6. The molecule has 0 unspecified atom stereocenters. The van der Waals surface area contributed by atoms with E-state index >= 15 is 0 Å². The number of aromatic hydroxyl groups is 1. The molecule has 1 atom stereocenters. The van der Waals surface area contributed by atoms with Gasteiger partial charge in [0.2, 0.25) is 0 Å². The molecule has 31 heavy (non-hydrogen) atoms. The number of hydrogen-bond donors (Lipinski definition) is 4. The zero-order valence-corrected chi connectivity index (χ0v) is 17.5. The number of hydrogen-bond acceptors (Lipinski definition) is 6.